The lowest BCUT2D eigenvalue weighted by Gasteiger charge is -2.15. The first kappa shape index (κ1) is 16.2. The Balaban J connectivity index is 1.57. The Kier molecular flexibility index (Phi) is 4.01. The molecule has 0 unspecified atom stereocenters. The lowest BCUT2D eigenvalue weighted by atomic mass is 9.91. The first-order valence-electron chi connectivity index (χ1n) is 9.03. The fourth-order valence-electron chi connectivity index (χ4n) is 3.73. The van der Waals surface area contributed by atoms with Gasteiger partial charge in [0.15, 0.2) is 5.82 Å². The predicted molar refractivity (Wildman–Crippen MR) is 92.1 cm³/mol. The van der Waals surface area contributed by atoms with Gasteiger partial charge in [0.25, 0.3) is 5.91 Å². The maximum atomic E-state index is 12.9. The number of amides is 1. The smallest absolute Gasteiger partial charge is 0.272 e. The Morgan fingerprint density at radius 1 is 1.28 bits per heavy atom. The van der Waals surface area contributed by atoms with Crippen LogP contribution in [-0.4, -0.2) is 49.0 Å². The fraction of sp³-hybridized carbons (Fsp3) is 0.611. The number of aromatic amines is 1. The minimum atomic E-state index is -0.0118. The number of carbonyl (C=O) groups excluding carboxylic acids is 1. The number of aromatic nitrogens is 5. The van der Waals surface area contributed by atoms with Crippen LogP contribution in [-0.2, 0) is 0 Å². The summed E-state index contributed by atoms with van der Waals surface area (Å²) in [5, 5.41) is 7.48. The average molecular weight is 340 g/mol. The summed E-state index contributed by atoms with van der Waals surface area (Å²) in [5.41, 5.74) is 1.28. The molecule has 2 atom stereocenters. The standard InChI is InChI=1S/C18H24N6O/c1-10(2)16-21-17(23-22-16)14-8-24(7-13(14)12-4-5-12)18(25)15-6-11(3)19-9-20-15/h6,9-10,12-14H,4-5,7-8H2,1-3H3,(H,21,22,23)/t13-,14+/m1/s1. The summed E-state index contributed by atoms with van der Waals surface area (Å²) in [6, 6.07) is 1.76. The van der Waals surface area contributed by atoms with Gasteiger partial charge < -0.3 is 4.90 Å². The molecule has 0 spiro atoms. The van der Waals surface area contributed by atoms with Crippen molar-refractivity contribution in [2.45, 2.75) is 45.4 Å². The van der Waals surface area contributed by atoms with E-state index in [9.17, 15) is 4.79 Å². The Labute approximate surface area is 147 Å². The summed E-state index contributed by atoms with van der Waals surface area (Å²) in [6.45, 7) is 7.51. The van der Waals surface area contributed by atoms with Crippen molar-refractivity contribution in [3.63, 3.8) is 0 Å². The number of H-pyrrole nitrogens is 1. The summed E-state index contributed by atoms with van der Waals surface area (Å²) in [5.74, 6) is 3.45. The van der Waals surface area contributed by atoms with Gasteiger partial charge in [-0.2, -0.15) is 5.10 Å². The quantitative estimate of drug-likeness (QED) is 0.922. The molecule has 1 N–H and O–H groups in total. The summed E-state index contributed by atoms with van der Waals surface area (Å²) in [7, 11) is 0. The molecule has 0 bridgehead atoms. The van der Waals surface area contributed by atoms with E-state index in [-0.39, 0.29) is 11.8 Å². The molecule has 2 fully saturated rings. The zero-order valence-corrected chi connectivity index (χ0v) is 14.9. The summed E-state index contributed by atoms with van der Waals surface area (Å²) < 4.78 is 0. The second-order valence-corrected chi connectivity index (χ2v) is 7.60. The number of aryl methyl sites for hydroxylation is 1. The molecular weight excluding hydrogens is 316 g/mol. The van der Waals surface area contributed by atoms with Crippen LogP contribution < -0.4 is 0 Å². The monoisotopic (exact) mass is 340 g/mol. The molecule has 1 saturated heterocycles. The maximum absolute atomic E-state index is 12.9. The van der Waals surface area contributed by atoms with Crippen molar-refractivity contribution in [2.75, 3.05) is 13.1 Å². The second kappa shape index (κ2) is 6.20. The predicted octanol–water partition coefficient (Wildman–Crippen LogP) is 2.29. The normalized spacial score (nSPS) is 23.4. The van der Waals surface area contributed by atoms with Gasteiger partial charge in [-0.1, -0.05) is 13.8 Å². The van der Waals surface area contributed by atoms with Gasteiger partial charge in [0.1, 0.15) is 17.8 Å². The number of nitrogens with zero attached hydrogens (tertiary/aromatic N) is 5. The third kappa shape index (κ3) is 3.15. The molecule has 132 valence electrons. The number of hydrogen-bond acceptors (Lipinski definition) is 5. The number of carbonyl (C=O) groups is 1. The molecule has 25 heavy (non-hydrogen) atoms. The van der Waals surface area contributed by atoms with Gasteiger partial charge in [-0.15, -0.1) is 0 Å². The highest BCUT2D eigenvalue weighted by molar-refractivity contribution is 5.92. The van der Waals surface area contributed by atoms with Crippen LogP contribution >= 0.6 is 0 Å². The van der Waals surface area contributed by atoms with Crippen LogP contribution in [0, 0.1) is 18.8 Å². The van der Waals surface area contributed by atoms with Crippen LogP contribution in [0.5, 0.6) is 0 Å². The Bertz CT molecular complexity index is 781. The van der Waals surface area contributed by atoms with Crippen molar-refractivity contribution < 1.29 is 4.79 Å². The van der Waals surface area contributed by atoms with Gasteiger partial charge in [-0.3, -0.25) is 9.89 Å². The lowest BCUT2D eigenvalue weighted by Crippen LogP contribution is -2.30. The SMILES string of the molecule is Cc1cc(C(=O)N2C[C@H](c3nc(C(C)C)n[nH]3)[C@@H](C3CC3)C2)ncn1. The fourth-order valence-corrected chi connectivity index (χ4v) is 3.73. The van der Waals surface area contributed by atoms with Gasteiger partial charge in [0.2, 0.25) is 0 Å². The van der Waals surface area contributed by atoms with E-state index in [1.54, 1.807) is 6.07 Å². The number of hydrogen-bond donors (Lipinski definition) is 1. The van der Waals surface area contributed by atoms with Crippen LogP contribution in [0.1, 0.15) is 66.4 Å². The minimum absolute atomic E-state index is 0.0118. The summed E-state index contributed by atoms with van der Waals surface area (Å²) in [4.78, 5) is 27.7. The zero-order valence-electron chi connectivity index (χ0n) is 14.9. The van der Waals surface area contributed by atoms with E-state index in [1.165, 1.54) is 19.2 Å². The van der Waals surface area contributed by atoms with Gasteiger partial charge in [-0.05, 0) is 37.7 Å². The topological polar surface area (TPSA) is 87.7 Å². The van der Waals surface area contributed by atoms with Gasteiger partial charge in [0, 0.05) is 30.6 Å². The molecule has 3 heterocycles. The Hall–Kier alpha value is -2.31. The molecular formula is C18H24N6O. The summed E-state index contributed by atoms with van der Waals surface area (Å²) >= 11 is 0. The molecule has 0 radical (unpaired) electrons. The van der Waals surface area contributed by atoms with Gasteiger partial charge in [0.05, 0.1) is 0 Å². The van der Waals surface area contributed by atoms with Crippen molar-refractivity contribution in [3.05, 3.63) is 35.4 Å². The van der Waals surface area contributed by atoms with Crippen molar-refractivity contribution in [1.29, 1.82) is 0 Å². The van der Waals surface area contributed by atoms with Gasteiger partial charge >= 0.3 is 0 Å². The van der Waals surface area contributed by atoms with E-state index in [0.717, 1.165) is 23.9 Å². The molecule has 1 aliphatic carbocycles. The maximum Gasteiger partial charge on any atom is 0.272 e. The van der Waals surface area contributed by atoms with Crippen LogP contribution in [0.25, 0.3) is 0 Å². The number of likely N-dealkylation sites (tertiary alicyclic amines) is 1. The average Bonchev–Trinajstić information content (AvgIpc) is 3.15. The first-order chi connectivity index (χ1) is 12.0. The third-order valence-electron chi connectivity index (χ3n) is 5.29. The molecule has 7 nitrogen and oxygen atoms in total. The van der Waals surface area contributed by atoms with E-state index >= 15 is 0 Å². The van der Waals surface area contributed by atoms with Crippen LogP contribution in [0.15, 0.2) is 12.4 Å². The Morgan fingerprint density at radius 2 is 2.08 bits per heavy atom. The van der Waals surface area contributed by atoms with Crippen molar-refractivity contribution in [2.24, 2.45) is 11.8 Å². The molecule has 1 amide bonds. The third-order valence-corrected chi connectivity index (χ3v) is 5.29. The molecule has 2 aromatic rings. The molecule has 7 heteroatoms. The zero-order chi connectivity index (χ0) is 17.6. The van der Waals surface area contributed by atoms with Crippen LogP contribution in [0.2, 0.25) is 0 Å². The molecule has 1 aliphatic heterocycles. The minimum Gasteiger partial charge on any atom is -0.336 e. The Morgan fingerprint density at radius 3 is 2.72 bits per heavy atom. The van der Waals surface area contributed by atoms with Crippen LogP contribution in [0.3, 0.4) is 0 Å². The highest BCUT2D eigenvalue weighted by Gasteiger charge is 2.46. The van der Waals surface area contributed by atoms with Crippen molar-refractivity contribution in [1.82, 2.24) is 30.0 Å². The molecule has 2 aromatic heterocycles. The second-order valence-electron chi connectivity index (χ2n) is 7.60. The van der Waals surface area contributed by atoms with E-state index in [1.807, 2.05) is 11.8 Å². The van der Waals surface area contributed by atoms with Crippen molar-refractivity contribution >= 4 is 5.91 Å². The molecule has 4 rings (SSSR count). The highest BCUT2D eigenvalue weighted by Crippen LogP contribution is 2.47. The largest absolute Gasteiger partial charge is 0.336 e. The highest BCUT2D eigenvalue weighted by atomic mass is 16.2. The van der Waals surface area contributed by atoms with Gasteiger partial charge in [-0.25, -0.2) is 15.0 Å². The van der Waals surface area contributed by atoms with E-state index in [2.05, 4.69) is 34.0 Å². The molecule has 2 aliphatic rings. The van der Waals surface area contributed by atoms with E-state index in [0.29, 0.717) is 30.0 Å². The van der Waals surface area contributed by atoms with Crippen molar-refractivity contribution in [3.8, 4) is 0 Å². The number of rotatable bonds is 4. The first-order valence-corrected chi connectivity index (χ1v) is 9.03. The summed E-state index contributed by atoms with van der Waals surface area (Å²) in [6.07, 6.45) is 3.96. The van der Waals surface area contributed by atoms with Crippen LogP contribution in [0.4, 0.5) is 0 Å². The number of nitrogens with one attached hydrogen (secondary N) is 1. The van der Waals surface area contributed by atoms with E-state index < -0.39 is 0 Å². The molecule has 0 aromatic carbocycles. The molecule has 1 saturated carbocycles. The van der Waals surface area contributed by atoms with E-state index in [4.69, 9.17) is 4.98 Å². The lowest BCUT2D eigenvalue weighted by molar-refractivity contribution is 0.0778.